The minimum absolute atomic E-state index is 0.124. The molecule has 1 aliphatic heterocycles. The van der Waals surface area contributed by atoms with Gasteiger partial charge in [-0.3, -0.25) is 9.52 Å². The molecule has 1 unspecified atom stereocenters. The molecule has 0 saturated carbocycles. The van der Waals surface area contributed by atoms with E-state index in [0.29, 0.717) is 6.04 Å². The van der Waals surface area contributed by atoms with Crippen LogP contribution in [-0.4, -0.2) is 29.9 Å². The number of likely N-dealkylation sites (tertiary alicyclic amines) is 1. The van der Waals surface area contributed by atoms with Crippen LogP contribution in [-0.2, 0) is 0 Å². The van der Waals surface area contributed by atoms with Gasteiger partial charge < -0.3 is 4.90 Å². The maximum Gasteiger partial charge on any atom is 0.253 e. The number of nitrogens with zero attached hydrogens (tertiary/aromatic N) is 1. The van der Waals surface area contributed by atoms with Crippen molar-refractivity contribution in [3.8, 4) is 0 Å². The zero-order valence-corrected chi connectivity index (χ0v) is 13.9. The van der Waals surface area contributed by atoms with Crippen molar-refractivity contribution in [1.29, 1.82) is 0 Å². The smallest absolute Gasteiger partial charge is 0.253 e. The summed E-state index contributed by atoms with van der Waals surface area (Å²) in [4.78, 5) is 14.0. The maximum absolute atomic E-state index is 12.1. The van der Waals surface area contributed by atoms with E-state index >= 15 is 0 Å². The number of hydrogen-bond donors (Lipinski definition) is 1. The number of amides is 1. The van der Waals surface area contributed by atoms with Crippen LogP contribution in [0.2, 0.25) is 0 Å². The molecule has 3 rings (SSSR count). The van der Waals surface area contributed by atoms with Crippen LogP contribution in [0.1, 0.15) is 16.8 Å². The average molecular weight is 326 g/mol. The second kappa shape index (κ2) is 9.87. The summed E-state index contributed by atoms with van der Waals surface area (Å²) in [6.45, 7) is 5.24. The van der Waals surface area contributed by atoms with E-state index in [1.807, 2.05) is 71.6 Å². The first-order valence-corrected chi connectivity index (χ1v) is 8.55. The number of carbonyl (C=O) groups excluding carboxylic acids is 1. The van der Waals surface area contributed by atoms with Crippen molar-refractivity contribution < 1.29 is 4.79 Å². The molecule has 0 aromatic heterocycles. The lowest BCUT2D eigenvalue weighted by Gasteiger charge is -2.16. The Hall–Kier alpha value is -2.04. The molecule has 23 heavy (non-hydrogen) atoms. The molecule has 2 aromatic carbocycles. The summed E-state index contributed by atoms with van der Waals surface area (Å²) < 4.78 is 3.27. The van der Waals surface area contributed by atoms with Crippen molar-refractivity contribution in [2.45, 2.75) is 12.5 Å². The molecule has 2 aromatic rings. The molecule has 120 valence electrons. The molecule has 4 heteroatoms. The highest BCUT2D eigenvalue weighted by atomic mass is 32.2. The van der Waals surface area contributed by atoms with E-state index in [2.05, 4.69) is 11.3 Å². The molecular formula is C19H22N2OS. The first-order chi connectivity index (χ1) is 11.3. The minimum Gasteiger partial charge on any atom is -0.337 e. The normalized spacial score (nSPS) is 16.3. The summed E-state index contributed by atoms with van der Waals surface area (Å²) in [5, 5.41) is 1.77. The lowest BCUT2D eigenvalue weighted by atomic mass is 10.2. The molecule has 1 fully saturated rings. The van der Waals surface area contributed by atoms with Gasteiger partial charge in [-0.2, -0.15) is 0 Å². The summed E-state index contributed by atoms with van der Waals surface area (Å²) in [6.07, 6.45) is 0.999. The molecule has 0 spiro atoms. The van der Waals surface area contributed by atoms with Crippen LogP contribution in [0, 0.1) is 0 Å². The van der Waals surface area contributed by atoms with E-state index < -0.39 is 0 Å². The summed E-state index contributed by atoms with van der Waals surface area (Å²) in [7, 11) is 0. The Morgan fingerprint density at radius 2 is 1.65 bits per heavy atom. The highest BCUT2D eigenvalue weighted by Crippen LogP contribution is 2.15. The van der Waals surface area contributed by atoms with Gasteiger partial charge in [-0.1, -0.05) is 73.1 Å². The molecule has 0 radical (unpaired) electrons. The van der Waals surface area contributed by atoms with E-state index in [1.54, 1.807) is 5.41 Å². The largest absolute Gasteiger partial charge is 0.337 e. The standard InChI is InChI=1S/C13H16N2OS.C6H6/c1-2-17-14-12-8-9-15(10-12)13(16)11-6-4-3-5-7-11;1-2-4-6-5-3-1/h2-7,12,14H,1,8-10H2;1-6H. The van der Waals surface area contributed by atoms with Crippen LogP contribution in [0.5, 0.6) is 0 Å². The lowest BCUT2D eigenvalue weighted by molar-refractivity contribution is 0.0790. The Morgan fingerprint density at radius 3 is 2.22 bits per heavy atom. The molecule has 1 aliphatic rings. The molecule has 1 atom stereocenters. The molecular weight excluding hydrogens is 304 g/mol. The van der Waals surface area contributed by atoms with Crippen LogP contribution < -0.4 is 4.72 Å². The van der Waals surface area contributed by atoms with Gasteiger partial charge in [-0.05, 0) is 24.0 Å². The average Bonchev–Trinajstić information content (AvgIpc) is 3.11. The van der Waals surface area contributed by atoms with Gasteiger partial charge in [0.2, 0.25) is 0 Å². The number of benzene rings is 2. The Balaban J connectivity index is 0.000000268. The highest BCUT2D eigenvalue weighted by molar-refractivity contribution is 8.00. The topological polar surface area (TPSA) is 32.3 Å². The van der Waals surface area contributed by atoms with Crippen molar-refractivity contribution in [1.82, 2.24) is 9.62 Å². The van der Waals surface area contributed by atoms with E-state index in [9.17, 15) is 4.79 Å². The fourth-order valence-electron chi connectivity index (χ4n) is 2.33. The van der Waals surface area contributed by atoms with Gasteiger partial charge >= 0.3 is 0 Å². The maximum atomic E-state index is 12.1. The number of nitrogens with one attached hydrogen (secondary N) is 1. The quantitative estimate of drug-likeness (QED) is 0.863. The van der Waals surface area contributed by atoms with Crippen molar-refractivity contribution in [2.75, 3.05) is 13.1 Å². The first-order valence-electron chi connectivity index (χ1n) is 7.67. The number of hydrogen-bond acceptors (Lipinski definition) is 3. The number of carbonyl (C=O) groups is 1. The molecule has 1 heterocycles. The fourth-order valence-corrected chi connectivity index (χ4v) is 2.81. The van der Waals surface area contributed by atoms with Crippen LogP contribution in [0.4, 0.5) is 0 Å². The van der Waals surface area contributed by atoms with Crippen LogP contribution in [0.3, 0.4) is 0 Å². The second-order valence-corrected chi connectivity index (χ2v) is 5.96. The summed E-state index contributed by atoms with van der Waals surface area (Å²) in [5.41, 5.74) is 0.768. The molecule has 3 nitrogen and oxygen atoms in total. The lowest BCUT2D eigenvalue weighted by Crippen LogP contribution is -2.32. The summed E-state index contributed by atoms with van der Waals surface area (Å²) in [5.74, 6) is 0.124. The second-order valence-electron chi connectivity index (χ2n) is 5.16. The van der Waals surface area contributed by atoms with Gasteiger partial charge in [-0.15, -0.1) is 0 Å². The third-order valence-electron chi connectivity index (χ3n) is 3.48. The predicted molar refractivity (Wildman–Crippen MR) is 98.1 cm³/mol. The van der Waals surface area contributed by atoms with Gasteiger partial charge in [0.05, 0.1) is 0 Å². The molecule has 0 aliphatic carbocycles. The molecule has 1 amide bonds. The fraction of sp³-hybridized carbons (Fsp3) is 0.211. The monoisotopic (exact) mass is 326 g/mol. The Labute approximate surface area is 142 Å². The molecule has 1 saturated heterocycles. The van der Waals surface area contributed by atoms with Gasteiger partial charge in [0.15, 0.2) is 0 Å². The molecule has 0 bridgehead atoms. The van der Waals surface area contributed by atoms with Gasteiger partial charge in [-0.25, -0.2) is 0 Å². The third-order valence-corrected chi connectivity index (χ3v) is 4.12. The summed E-state index contributed by atoms with van der Waals surface area (Å²) >= 11 is 1.49. The highest BCUT2D eigenvalue weighted by Gasteiger charge is 2.26. The van der Waals surface area contributed by atoms with Gasteiger partial charge in [0, 0.05) is 24.7 Å². The third kappa shape index (κ3) is 5.93. The van der Waals surface area contributed by atoms with E-state index in [0.717, 1.165) is 25.1 Å². The van der Waals surface area contributed by atoms with Crippen LogP contribution >= 0.6 is 11.9 Å². The van der Waals surface area contributed by atoms with Crippen molar-refractivity contribution in [2.24, 2.45) is 0 Å². The first kappa shape index (κ1) is 17.3. The predicted octanol–water partition coefficient (Wildman–Crippen LogP) is 3.97. The van der Waals surface area contributed by atoms with Gasteiger partial charge in [0.1, 0.15) is 0 Å². The van der Waals surface area contributed by atoms with Crippen LogP contribution in [0.25, 0.3) is 0 Å². The Morgan fingerprint density at radius 1 is 1.09 bits per heavy atom. The van der Waals surface area contributed by atoms with E-state index in [4.69, 9.17) is 0 Å². The summed E-state index contributed by atoms with van der Waals surface area (Å²) in [6, 6.07) is 21.8. The van der Waals surface area contributed by atoms with Crippen LogP contribution in [0.15, 0.2) is 78.7 Å². The van der Waals surface area contributed by atoms with E-state index in [1.165, 1.54) is 11.9 Å². The SMILES string of the molecule is C=CSNC1CCN(C(=O)c2ccccc2)C1.c1ccccc1. The van der Waals surface area contributed by atoms with Gasteiger partial charge in [0.25, 0.3) is 5.91 Å². The Bertz CT molecular complexity index is 562. The minimum atomic E-state index is 0.124. The number of rotatable bonds is 4. The van der Waals surface area contributed by atoms with Crippen molar-refractivity contribution in [3.63, 3.8) is 0 Å². The van der Waals surface area contributed by atoms with Crippen molar-refractivity contribution >= 4 is 17.9 Å². The molecule has 1 N–H and O–H groups in total. The van der Waals surface area contributed by atoms with Crippen molar-refractivity contribution in [3.05, 3.63) is 84.3 Å². The Kier molecular flexibility index (Phi) is 7.43. The zero-order valence-electron chi connectivity index (χ0n) is 13.1. The van der Waals surface area contributed by atoms with E-state index in [-0.39, 0.29) is 5.91 Å². The zero-order chi connectivity index (χ0) is 16.3.